The van der Waals surface area contributed by atoms with E-state index in [0.717, 1.165) is 0 Å². The van der Waals surface area contributed by atoms with E-state index in [0.29, 0.717) is 27.9 Å². The zero-order valence-corrected chi connectivity index (χ0v) is 14.5. The number of carbonyl (C=O) groups excluding carboxylic acids is 2. The molecule has 3 rings (SSSR count). The summed E-state index contributed by atoms with van der Waals surface area (Å²) >= 11 is 0. The predicted octanol–water partition coefficient (Wildman–Crippen LogP) is 1.88. The molecule has 0 atom stereocenters. The number of nitrogens with one attached hydrogen (secondary N) is 1. The fourth-order valence-corrected chi connectivity index (χ4v) is 2.70. The quantitative estimate of drug-likeness (QED) is 0.717. The van der Waals surface area contributed by atoms with Crippen LogP contribution >= 0.6 is 0 Å². The molecule has 1 amide bonds. The van der Waals surface area contributed by atoms with Gasteiger partial charge in [-0.1, -0.05) is 18.2 Å². The summed E-state index contributed by atoms with van der Waals surface area (Å²) in [7, 11) is 2.87. The Morgan fingerprint density at radius 3 is 2.65 bits per heavy atom. The third-order valence-electron chi connectivity index (χ3n) is 4.01. The number of aromatic nitrogens is 2. The van der Waals surface area contributed by atoms with Gasteiger partial charge < -0.3 is 14.1 Å². The van der Waals surface area contributed by atoms with Crippen LogP contribution in [0, 0.1) is 6.92 Å². The molecule has 0 radical (unpaired) electrons. The summed E-state index contributed by atoms with van der Waals surface area (Å²) in [6.45, 7) is 1.78. The number of carbonyl (C=O) groups is 2. The highest BCUT2D eigenvalue weighted by molar-refractivity contribution is 6.04. The molecule has 1 N–H and O–H groups in total. The van der Waals surface area contributed by atoms with Crippen LogP contribution in [0.5, 0.6) is 0 Å². The second-order valence-corrected chi connectivity index (χ2v) is 5.78. The Labute approximate surface area is 148 Å². The molecule has 1 aromatic carbocycles. The number of amides is 1. The summed E-state index contributed by atoms with van der Waals surface area (Å²) in [5.41, 5.74) is 0.0966. The van der Waals surface area contributed by atoms with Gasteiger partial charge in [0.25, 0.3) is 11.5 Å². The van der Waals surface area contributed by atoms with Gasteiger partial charge in [0.15, 0.2) is 5.69 Å². The Hall–Kier alpha value is -3.42. The van der Waals surface area contributed by atoms with Gasteiger partial charge in [-0.2, -0.15) is 5.10 Å². The molecular formula is C18H17N3O5. The molecule has 2 heterocycles. The molecule has 8 nitrogen and oxygen atoms in total. The van der Waals surface area contributed by atoms with Crippen LogP contribution in [0.3, 0.4) is 0 Å². The number of nitrogens with zero attached hydrogens (tertiary/aromatic N) is 2. The minimum Gasteiger partial charge on any atom is -0.465 e. The third kappa shape index (κ3) is 3.08. The lowest BCUT2D eigenvalue weighted by Crippen LogP contribution is -2.28. The summed E-state index contributed by atoms with van der Waals surface area (Å²) in [5.74, 6) is -0.0290. The van der Waals surface area contributed by atoms with Crippen molar-refractivity contribution >= 4 is 22.6 Å². The first-order chi connectivity index (χ1) is 12.4. The minimum absolute atomic E-state index is 0.131. The van der Waals surface area contributed by atoms with Gasteiger partial charge in [-0.05, 0) is 19.1 Å². The molecule has 0 spiro atoms. The number of rotatable bonds is 4. The van der Waals surface area contributed by atoms with Crippen LogP contribution in [0.2, 0.25) is 0 Å². The van der Waals surface area contributed by atoms with Gasteiger partial charge in [0.05, 0.1) is 19.0 Å². The summed E-state index contributed by atoms with van der Waals surface area (Å²) in [6, 6.07) is 8.30. The molecule has 134 valence electrons. The van der Waals surface area contributed by atoms with Gasteiger partial charge in [0.2, 0.25) is 0 Å². The summed E-state index contributed by atoms with van der Waals surface area (Å²) in [4.78, 5) is 37.7. The first-order valence-corrected chi connectivity index (χ1v) is 7.83. The van der Waals surface area contributed by atoms with Gasteiger partial charge in [0.1, 0.15) is 17.1 Å². The summed E-state index contributed by atoms with van der Waals surface area (Å²) in [6.07, 6.45) is 0. The number of furan rings is 1. The Morgan fingerprint density at radius 1 is 1.27 bits per heavy atom. The minimum atomic E-state index is -0.500. The van der Waals surface area contributed by atoms with Crippen molar-refractivity contribution in [3.63, 3.8) is 0 Å². The molecule has 8 heteroatoms. The molecule has 2 aromatic heterocycles. The molecular weight excluding hydrogens is 338 g/mol. The maximum Gasteiger partial charge on any atom is 0.341 e. The van der Waals surface area contributed by atoms with E-state index in [1.165, 1.54) is 12.0 Å². The fourth-order valence-electron chi connectivity index (χ4n) is 2.70. The van der Waals surface area contributed by atoms with Gasteiger partial charge in [-0.25, -0.2) is 9.89 Å². The molecule has 0 aliphatic rings. The lowest BCUT2D eigenvalue weighted by Gasteiger charge is -2.15. The molecule has 0 aliphatic heterocycles. The van der Waals surface area contributed by atoms with Crippen molar-refractivity contribution in [3.05, 3.63) is 63.5 Å². The highest BCUT2D eigenvalue weighted by atomic mass is 16.5. The van der Waals surface area contributed by atoms with Crippen molar-refractivity contribution in [3.8, 4) is 0 Å². The second-order valence-electron chi connectivity index (χ2n) is 5.78. The Morgan fingerprint density at radius 2 is 1.96 bits per heavy atom. The van der Waals surface area contributed by atoms with Crippen molar-refractivity contribution < 1.29 is 18.7 Å². The average Bonchev–Trinajstić information content (AvgIpc) is 3.01. The van der Waals surface area contributed by atoms with E-state index in [9.17, 15) is 14.4 Å². The number of benzene rings is 1. The van der Waals surface area contributed by atoms with Crippen LogP contribution in [0.4, 0.5) is 0 Å². The van der Waals surface area contributed by atoms with Crippen molar-refractivity contribution in [1.29, 1.82) is 0 Å². The topological polar surface area (TPSA) is 105 Å². The van der Waals surface area contributed by atoms with Crippen molar-refractivity contribution in [2.45, 2.75) is 13.5 Å². The highest BCUT2D eigenvalue weighted by Gasteiger charge is 2.21. The van der Waals surface area contributed by atoms with Crippen LogP contribution < -0.4 is 5.56 Å². The third-order valence-corrected chi connectivity index (χ3v) is 4.01. The van der Waals surface area contributed by atoms with E-state index in [2.05, 4.69) is 14.9 Å². The number of H-pyrrole nitrogens is 1. The Bertz CT molecular complexity index is 1050. The highest BCUT2D eigenvalue weighted by Crippen LogP contribution is 2.19. The average molecular weight is 355 g/mol. The Balaban J connectivity index is 1.89. The van der Waals surface area contributed by atoms with Crippen molar-refractivity contribution in [2.75, 3.05) is 14.2 Å². The summed E-state index contributed by atoms with van der Waals surface area (Å²) < 4.78 is 10.2. The zero-order chi connectivity index (χ0) is 18.8. The van der Waals surface area contributed by atoms with Crippen molar-refractivity contribution in [1.82, 2.24) is 15.1 Å². The van der Waals surface area contributed by atoms with Crippen LogP contribution in [0.1, 0.15) is 32.4 Å². The van der Waals surface area contributed by atoms with Gasteiger partial charge in [0, 0.05) is 12.4 Å². The maximum atomic E-state index is 12.8. The SMILES string of the molecule is COC(=O)c1cc(CN(C)C(=O)c2n[nH]c(=O)c3ccccc23)oc1C. The van der Waals surface area contributed by atoms with E-state index in [4.69, 9.17) is 4.42 Å². The van der Waals surface area contributed by atoms with E-state index in [-0.39, 0.29) is 23.7 Å². The number of hydrogen-bond donors (Lipinski definition) is 1. The predicted molar refractivity (Wildman–Crippen MR) is 92.9 cm³/mol. The van der Waals surface area contributed by atoms with E-state index in [1.54, 1.807) is 44.3 Å². The lowest BCUT2D eigenvalue weighted by atomic mass is 10.1. The van der Waals surface area contributed by atoms with E-state index >= 15 is 0 Å². The monoisotopic (exact) mass is 355 g/mol. The molecule has 0 saturated heterocycles. The molecule has 0 aliphatic carbocycles. The van der Waals surface area contributed by atoms with Gasteiger partial charge in [-0.15, -0.1) is 0 Å². The molecule has 0 fully saturated rings. The van der Waals surface area contributed by atoms with Crippen LogP contribution in [-0.2, 0) is 11.3 Å². The van der Waals surface area contributed by atoms with Gasteiger partial charge in [-0.3, -0.25) is 9.59 Å². The standard InChI is InChI=1S/C18H17N3O5/c1-10-14(18(24)25-3)8-11(26-10)9-21(2)17(23)15-12-6-4-5-7-13(12)16(22)20-19-15/h4-8H,9H2,1-3H3,(H,20,22). The normalized spacial score (nSPS) is 10.7. The van der Waals surface area contributed by atoms with Gasteiger partial charge >= 0.3 is 5.97 Å². The number of methoxy groups -OCH3 is 1. The number of hydrogen-bond acceptors (Lipinski definition) is 6. The number of ether oxygens (including phenoxy) is 1. The Kier molecular flexibility index (Phi) is 4.57. The number of esters is 1. The van der Waals surface area contributed by atoms with Crippen LogP contribution in [-0.4, -0.2) is 41.1 Å². The fraction of sp³-hybridized carbons (Fsp3) is 0.222. The molecule has 0 bridgehead atoms. The maximum absolute atomic E-state index is 12.8. The molecule has 0 unspecified atom stereocenters. The molecule has 3 aromatic rings. The first kappa shape index (κ1) is 17.4. The number of aromatic amines is 1. The smallest absolute Gasteiger partial charge is 0.341 e. The van der Waals surface area contributed by atoms with Crippen LogP contribution in [0.25, 0.3) is 10.8 Å². The van der Waals surface area contributed by atoms with E-state index in [1.807, 2.05) is 0 Å². The number of fused-ring (bicyclic) bond motifs is 1. The van der Waals surface area contributed by atoms with Crippen molar-refractivity contribution in [2.24, 2.45) is 0 Å². The molecule has 26 heavy (non-hydrogen) atoms. The zero-order valence-electron chi connectivity index (χ0n) is 14.5. The van der Waals surface area contributed by atoms with E-state index < -0.39 is 5.97 Å². The second kappa shape index (κ2) is 6.83. The summed E-state index contributed by atoms with van der Waals surface area (Å²) in [5, 5.41) is 7.10. The van der Waals surface area contributed by atoms with Crippen LogP contribution in [0.15, 0.2) is 39.5 Å². The lowest BCUT2D eigenvalue weighted by molar-refractivity contribution is 0.0598. The first-order valence-electron chi connectivity index (χ1n) is 7.83. The molecule has 0 saturated carbocycles. The largest absolute Gasteiger partial charge is 0.465 e. The number of aryl methyl sites for hydroxylation is 1.